The number of thioether (sulfide) groups is 1. The van der Waals surface area contributed by atoms with Crippen molar-refractivity contribution < 1.29 is 14.3 Å². The average molecular weight is 452 g/mol. The molecular weight excluding hydrogens is 426 g/mol. The summed E-state index contributed by atoms with van der Waals surface area (Å²) in [4.78, 5) is 23.5. The zero-order chi connectivity index (χ0) is 22.5. The molecule has 9 heteroatoms. The smallest absolute Gasteiger partial charge is 0.321 e. The second kappa shape index (κ2) is 9.86. The molecule has 1 atom stereocenters. The van der Waals surface area contributed by atoms with E-state index in [1.165, 1.54) is 11.1 Å². The maximum atomic E-state index is 11.8. The van der Waals surface area contributed by atoms with Crippen LogP contribution in [0.2, 0.25) is 0 Å². The molecule has 8 nitrogen and oxygen atoms in total. The molecule has 2 heterocycles. The predicted octanol–water partition coefficient (Wildman–Crippen LogP) is 3.41. The monoisotopic (exact) mass is 451 g/mol. The minimum Gasteiger partial charge on any atom is -0.494 e. The first-order chi connectivity index (χ1) is 15.5. The zero-order valence-corrected chi connectivity index (χ0v) is 18.8. The van der Waals surface area contributed by atoms with Gasteiger partial charge in [0.1, 0.15) is 11.6 Å². The number of carbonyl (C=O) groups is 2. The van der Waals surface area contributed by atoms with Crippen molar-refractivity contribution >= 4 is 23.7 Å². The molecule has 1 aromatic heterocycles. The molecule has 166 valence electrons. The fourth-order valence-electron chi connectivity index (χ4n) is 3.49. The van der Waals surface area contributed by atoms with Gasteiger partial charge < -0.3 is 10.1 Å². The predicted molar refractivity (Wildman–Crippen MR) is 122 cm³/mol. The number of aryl methyl sites for hydroxylation is 1. The van der Waals surface area contributed by atoms with E-state index in [1.54, 1.807) is 11.8 Å². The first kappa shape index (κ1) is 21.9. The molecule has 0 radical (unpaired) electrons. The van der Waals surface area contributed by atoms with Gasteiger partial charge in [0.2, 0.25) is 5.91 Å². The molecule has 3 aromatic rings. The first-order valence-electron chi connectivity index (χ1n) is 10.5. The van der Waals surface area contributed by atoms with Crippen LogP contribution in [0, 0.1) is 6.92 Å². The Morgan fingerprint density at radius 3 is 2.53 bits per heavy atom. The van der Waals surface area contributed by atoms with E-state index in [0.29, 0.717) is 18.9 Å². The van der Waals surface area contributed by atoms with Gasteiger partial charge in [-0.2, -0.15) is 0 Å². The van der Waals surface area contributed by atoms with E-state index in [4.69, 9.17) is 4.74 Å². The van der Waals surface area contributed by atoms with Gasteiger partial charge in [0.15, 0.2) is 5.16 Å². The second-order valence-electron chi connectivity index (χ2n) is 7.56. The molecule has 0 spiro atoms. The third kappa shape index (κ3) is 5.28. The summed E-state index contributed by atoms with van der Waals surface area (Å²) < 4.78 is 7.54. The summed E-state index contributed by atoms with van der Waals surface area (Å²) in [7, 11) is 0. The van der Waals surface area contributed by atoms with Gasteiger partial charge >= 0.3 is 6.03 Å². The number of nitrogens with zero attached hydrogens (tertiary/aromatic N) is 3. The molecule has 0 aliphatic carbocycles. The van der Waals surface area contributed by atoms with E-state index in [2.05, 4.69) is 52.0 Å². The number of benzene rings is 2. The molecule has 3 amide bonds. The van der Waals surface area contributed by atoms with E-state index >= 15 is 0 Å². The Labute approximate surface area is 190 Å². The number of ether oxygens (including phenoxy) is 1. The number of nitrogens with one attached hydrogen (secondary N) is 2. The van der Waals surface area contributed by atoms with Crippen molar-refractivity contribution in [2.45, 2.75) is 43.6 Å². The van der Waals surface area contributed by atoms with Crippen LogP contribution in [-0.2, 0) is 17.0 Å². The summed E-state index contributed by atoms with van der Waals surface area (Å²) in [5, 5.41) is 14.6. The molecule has 4 rings (SSSR count). The zero-order valence-electron chi connectivity index (χ0n) is 18.0. The lowest BCUT2D eigenvalue weighted by Crippen LogP contribution is -2.53. The van der Waals surface area contributed by atoms with E-state index in [0.717, 1.165) is 22.3 Å². The summed E-state index contributed by atoms with van der Waals surface area (Å²) in [6.45, 7) is 4.61. The SMILES string of the molecule is CCOc1ccc(-n2c(CC3CC(=O)NC(=O)N3)nnc2SCc2ccc(C)cc2)cc1. The molecule has 2 N–H and O–H groups in total. The van der Waals surface area contributed by atoms with Crippen LogP contribution < -0.4 is 15.4 Å². The fourth-order valence-corrected chi connectivity index (χ4v) is 4.42. The molecule has 1 unspecified atom stereocenters. The first-order valence-corrected chi connectivity index (χ1v) is 11.5. The largest absolute Gasteiger partial charge is 0.494 e. The lowest BCUT2D eigenvalue weighted by molar-refractivity contribution is -0.121. The van der Waals surface area contributed by atoms with Crippen molar-refractivity contribution in [2.75, 3.05) is 6.61 Å². The van der Waals surface area contributed by atoms with Crippen molar-refractivity contribution in [2.24, 2.45) is 0 Å². The standard InChI is InChI=1S/C23H25N5O3S/c1-3-31-19-10-8-18(9-11-19)28-20(12-17-13-21(29)25-22(30)24-17)26-27-23(28)32-14-16-6-4-15(2)5-7-16/h4-11,17H,3,12-14H2,1-2H3,(H2,24,25,29,30). The summed E-state index contributed by atoms with van der Waals surface area (Å²) in [6.07, 6.45) is 0.595. The van der Waals surface area contributed by atoms with Gasteiger partial charge in [0.25, 0.3) is 0 Å². The normalized spacial score (nSPS) is 15.9. The highest BCUT2D eigenvalue weighted by molar-refractivity contribution is 7.98. The van der Waals surface area contributed by atoms with Gasteiger partial charge in [0, 0.05) is 30.3 Å². The molecular formula is C23H25N5O3S. The van der Waals surface area contributed by atoms with E-state index in [1.807, 2.05) is 35.8 Å². The molecule has 32 heavy (non-hydrogen) atoms. The Hall–Kier alpha value is -3.33. The number of hydrogen-bond acceptors (Lipinski definition) is 6. The number of amides is 3. The van der Waals surface area contributed by atoms with Crippen LogP contribution in [0.5, 0.6) is 5.75 Å². The van der Waals surface area contributed by atoms with E-state index in [9.17, 15) is 9.59 Å². The van der Waals surface area contributed by atoms with Gasteiger partial charge in [-0.25, -0.2) is 4.79 Å². The Morgan fingerprint density at radius 1 is 1.09 bits per heavy atom. The molecule has 2 aromatic carbocycles. The van der Waals surface area contributed by atoms with Crippen molar-refractivity contribution in [1.29, 1.82) is 0 Å². The molecule has 1 aliphatic rings. The van der Waals surface area contributed by atoms with Crippen LogP contribution in [0.15, 0.2) is 53.7 Å². The molecule has 1 fully saturated rings. The summed E-state index contributed by atoms with van der Waals surface area (Å²) in [6, 6.07) is 15.3. The maximum absolute atomic E-state index is 11.8. The number of imide groups is 1. The van der Waals surface area contributed by atoms with Crippen molar-refractivity contribution in [3.05, 3.63) is 65.5 Å². The van der Waals surface area contributed by atoms with Crippen LogP contribution in [0.3, 0.4) is 0 Å². The van der Waals surface area contributed by atoms with Crippen LogP contribution >= 0.6 is 11.8 Å². The Morgan fingerprint density at radius 2 is 1.84 bits per heavy atom. The highest BCUT2D eigenvalue weighted by Gasteiger charge is 2.26. The van der Waals surface area contributed by atoms with Gasteiger partial charge in [-0.05, 0) is 43.7 Å². The Bertz CT molecular complexity index is 1080. The van der Waals surface area contributed by atoms with Crippen molar-refractivity contribution in [1.82, 2.24) is 25.4 Å². The van der Waals surface area contributed by atoms with Crippen LogP contribution in [0.1, 0.15) is 30.3 Å². The van der Waals surface area contributed by atoms with Crippen molar-refractivity contribution in [3.8, 4) is 11.4 Å². The van der Waals surface area contributed by atoms with Gasteiger partial charge in [-0.15, -0.1) is 10.2 Å². The average Bonchev–Trinajstić information content (AvgIpc) is 3.16. The minimum atomic E-state index is -0.479. The minimum absolute atomic E-state index is 0.202. The molecule has 0 saturated carbocycles. The third-order valence-electron chi connectivity index (χ3n) is 5.04. The lowest BCUT2D eigenvalue weighted by Gasteiger charge is -2.23. The van der Waals surface area contributed by atoms with Gasteiger partial charge in [-0.3, -0.25) is 14.7 Å². The summed E-state index contributed by atoms with van der Waals surface area (Å²) in [5.74, 6) is 1.93. The summed E-state index contributed by atoms with van der Waals surface area (Å²) in [5.41, 5.74) is 3.31. The quantitative estimate of drug-likeness (QED) is 0.510. The molecule has 0 bridgehead atoms. The van der Waals surface area contributed by atoms with Crippen LogP contribution in [0.25, 0.3) is 5.69 Å². The number of carbonyl (C=O) groups excluding carboxylic acids is 2. The Kier molecular flexibility index (Phi) is 6.75. The highest BCUT2D eigenvalue weighted by atomic mass is 32.2. The third-order valence-corrected chi connectivity index (χ3v) is 6.04. The summed E-state index contributed by atoms with van der Waals surface area (Å²) >= 11 is 1.59. The maximum Gasteiger partial charge on any atom is 0.321 e. The van der Waals surface area contributed by atoms with Crippen molar-refractivity contribution in [3.63, 3.8) is 0 Å². The topological polar surface area (TPSA) is 98.1 Å². The highest BCUT2D eigenvalue weighted by Crippen LogP contribution is 2.27. The van der Waals surface area contributed by atoms with E-state index < -0.39 is 6.03 Å². The van der Waals surface area contributed by atoms with Crippen LogP contribution in [-0.4, -0.2) is 39.4 Å². The number of urea groups is 1. The molecule has 1 aliphatic heterocycles. The number of rotatable bonds is 8. The number of hydrogen-bond donors (Lipinski definition) is 2. The number of aromatic nitrogens is 3. The van der Waals surface area contributed by atoms with E-state index in [-0.39, 0.29) is 18.4 Å². The lowest BCUT2D eigenvalue weighted by atomic mass is 10.1. The second-order valence-corrected chi connectivity index (χ2v) is 8.50. The Balaban J connectivity index is 1.61. The van der Waals surface area contributed by atoms with Crippen LogP contribution in [0.4, 0.5) is 4.79 Å². The fraction of sp³-hybridized carbons (Fsp3) is 0.304. The van der Waals surface area contributed by atoms with Gasteiger partial charge in [-0.1, -0.05) is 41.6 Å². The molecule has 1 saturated heterocycles. The van der Waals surface area contributed by atoms with Gasteiger partial charge in [0.05, 0.1) is 6.61 Å².